The van der Waals surface area contributed by atoms with E-state index in [1.807, 2.05) is 11.9 Å². The number of aromatic hydroxyl groups is 1. The van der Waals surface area contributed by atoms with Gasteiger partial charge in [0.1, 0.15) is 11.4 Å². The van der Waals surface area contributed by atoms with Gasteiger partial charge in [-0.2, -0.15) is 0 Å². The van der Waals surface area contributed by atoms with E-state index in [1.54, 1.807) is 18.3 Å². The molecule has 0 radical (unpaired) electrons. The third-order valence-corrected chi connectivity index (χ3v) is 2.34. The Morgan fingerprint density at radius 2 is 2.47 bits per heavy atom. The van der Waals surface area contributed by atoms with Gasteiger partial charge in [-0.05, 0) is 12.1 Å². The number of pyridine rings is 1. The number of nitrogens with one attached hydrogen (secondary N) is 1. The van der Waals surface area contributed by atoms with E-state index in [9.17, 15) is 5.11 Å². The van der Waals surface area contributed by atoms with Crippen molar-refractivity contribution in [3.8, 4) is 5.75 Å². The molecule has 0 saturated heterocycles. The maximum atomic E-state index is 9.49. The number of rotatable bonds is 2. The summed E-state index contributed by atoms with van der Waals surface area (Å²) in [5.41, 5.74) is 0.639. The lowest BCUT2D eigenvalue weighted by molar-refractivity contribution is 0.461. The summed E-state index contributed by atoms with van der Waals surface area (Å²) in [5.74, 6) is 1.08. The van der Waals surface area contributed by atoms with E-state index in [-0.39, 0.29) is 5.75 Å². The highest BCUT2D eigenvalue weighted by molar-refractivity contribution is 5.81. The molecular formula is C10H14N4O. The van der Waals surface area contributed by atoms with Crippen LogP contribution in [0.5, 0.6) is 5.75 Å². The Hall–Kier alpha value is -1.78. The van der Waals surface area contributed by atoms with Gasteiger partial charge in [-0.25, -0.2) is 0 Å². The van der Waals surface area contributed by atoms with Crippen LogP contribution in [0.3, 0.4) is 0 Å². The lowest BCUT2D eigenvalue weighted by atomic mass is 10.3. The van der Waals surface area contributed by atoms with Gasteiger partial charge >= 0.3 is 0 Å². The topological polar surface area (TPSA) is 60.8 Å². The molecule has 2 heterocycles. The molecule has 2 N–H and O–H groups in total. The summed E-state index contributed by atoms with van der Waals surface area (Å²) < 4.78 is 0. The summed E-state index contributed by atoms with van der Waals surface area (Å²) in [5, 5.41) is 12.6. The van der Waals surface area contributed by atoms with Gasteiger partial charge in [0.2, 0.25) is 0 Å². The first-order valence-corrected chi connectivity index (χ1v) is 4.89. The van der Waals surface area contributed by atoms with Crippen molar-refractivity contribution in [2.45, 2.75) is 6.54 Å². The lowest BCUT2D eigenvalue weighted by Crippen LogP contribution is -2.35. The minimum atomic E-state index is 0.214. The molecule has 5 nitrogen and oxygen atoms in total. The van der Waals surface area contributed by atoms with Crippen molar-refractivity contribution in [3.63, 3.8) is 0 Å². The standard InChI is InChI=1S/C10H14N4O/c1-14-6-5-12-10(14)13-7-8-9(15)3-2-4-11-8/h2-4,15H,5-7H2,1H3,(H,12,13). The van der Waals surface area contributed by atoms with E-state index in [2.05, 4.69) is 15.3 Å². The molecule has 0 bridgehead atoms. The van der Waals surface area contributed by atoms with Crippen molar-refractivity contribution in [2.24, 2.45) is 4.99 Å². The zero-order chi connectivity index (χ0) is 10.7. The Labute approximate surface area is 88.5 Å². The molecule has 0 aromatic carbocycles. The second-order valence-corrected chi connectivity index (χ2v) is 3.45. The van der Waals surface area contributed by atoms with Gasteiger partial charge in [-0.15, -0.1) is 0 Å². The molecule has 1 aromatic heterocycles. The molecule has 1 aliphatic rings. The van der Waals surface area contributed by atoms with Crippen molar-refractivity contribution in [1.29, 1.82) is 0 Å². The third-order valence-electron chi connectivity index (χ3n) is 2.34. The Morgan fingerprint density at radius 3 is 3.13 bits per heavy atom. The van der Waals surface area contributed by atoms with E-state index < -0.39 is 0 Å². The highest BCUT2D eigenvalue weighted by atomic mass is 16.3. The second-order valence-electron chi connectivity index (χ2n) is 3.45. The van der Waals surface area contributed by atoms with Gasteiger partial charge in [-0.3, -0.25) is 9.98 Å². The number of hydrogen-bond acceptors (Lipinski definition) is 5. The normalized spacial score (nSPS) is 15.3. The first-order chi connectivity index (χ1) is 7.27. The fraction of sp³-hybridized carbons (Fsp3) is 0.400. The number of aromatic nitrogens is 1. The minimum Gasteiger partial charge on any atom is -0.506 e. The summed E-state index contributed by atoms with van der Waals surface area (Å²) in [6.45, 7) is 2.26. The van der Waals surface area contributed by atoms with Gasteiger partial charge in [-0.1, -0.05) is 0 Å². The number of hydrogen-bond donors (Lipinski definition) is 2. The van der Waals surface area contributed by atoms with Crippen LogP contribution in [0, 0.1) is 0 Å². The molecule has 0 amide bonds. The zero-order valence-electron chi connectivity index (χ0n) is 8.64. The molecule has 0 saturated carbocycles. The highest BCUT2D eigenvalue weighted by Crippen LogP contribution is 2.11. The summed E-state index contributed by atoms with van der Waals surface area (Å²) >= 11 is 0. The third kappa shape index (κ3) is 2.18. The number of likely N-dealkylation sites (N-methyl/N-ethyl adjacent to an activating group) is 1. The second kappa shape index (κ2) is 4.16. The molecule has 80 valence electrons. The van der Waals surface area contributed by atoms with Gasteiger partial charge in [0.05, 0.1) is 13.1 Å². The van der Waals surface area contributed by atoms with Crippen LogP contribution in [-0.4, -0.2) is 41.1 Å². The van der Waals surface area contributed by atoms with Crippen LogP contribution < -0.4 is 5.32 Å². The number of aliphatic imine (C=N–C) groups is 1. The largest absolute Gasteiger partial charge is 0.506 e. The van der Waals surface area contributed by atoms with Crippen LogP contribution in [-0.2, 0) is 6.54 Å². The highest BCUT2D eigenvalue weighted by Gasteiger charge is 2.12. The fourth-order valence-electron chi connectivity index (χ4n) is 1.45. The molecule has 0 atom stereocenters. The SMILES string of the molecule is CN1CCN=C1NCc1ncccc1O. The average Bonchev–Trinajstić information content (AvgIpc) is 2.63. The molecule has 2 rings (SSSR count). The number of guanidine groups is 1. The first-order valence-electron chi connectivity index (χ1n) is 4.89. The maximum Gasteiger partial charge on any atom is 0.194 e. The van der Waals surface area contributed by atoms with Gasteiger partial charge < -0.3 is 15.3 Å². The van der Waals surface area contributed by atoms with Gasteiger partial charge in [0.25, 0.3) is 0 Å². The molecule has 1 aliphatic heterocycles. The minimum absolute atomic E-state index is 0.214. The van der Waals surface area contributed by atoms with Crippen molar-refractivity contribution in [3.05, 3.63) is 24.0 Å². The molecule has 0 spiro atoms. The van der Waals surface area contributed by atoms with Crippen molar-refractivity contribution in [1.82, 2.24) is 15.2 Å². The molecule has 0 unspecified atom stereocenters. The smallest absolute Gasteiger partial charge is 0.194 e. The van der Waals surface area contributed by atoms with Crippen molar-refractivity contribution < 1.29 is 5.11 Å². The van der Waals surface area contributed by atoms with Crippen LogP contribution in [0.15, 0.2) is 23.3 Å². The molecule has 0 aliphatic carbocycles. The van der Waals surface area contributed by atoms with E-state index in [1.165, 1.54) is 0 Å². The van der Waals surface area contributed by atoms with Crippen LogP contribution in [0.25, 0.3) is 0 Å². The van der Waals surface area contributed by atoms with Gasteiger partial charge in [0, 0.05) is 19.8 Å². The summed E-state index contributed by atoms with van der Waals surface area (Å²) in [6, 6.07) is 3.34. The van der Waals surface area contributed by atoms with Crippen molar-refractivity contribution >= 4 is 5.96 Å². The summed E-state index contributed by atoms with van der Waals surface area (Å²) in [4.78, 5) is 10.4. The Kier molecular flexibility index (Phi) is 2.71. The molecule has 5 heteroatoms. The zero-order valence-corrected chi connectivity index (χ0v) is 8.64. The Balaban J connectivity index is 1.96. The number of nitrogens with zero attached hydrogens (tertiary/aromatic N) is 3. The Morgan fingerprint density at radius 1 is 1.60 bits per heavy atom. The first kappa shape index (κ1) is 9.76. The van der Waals surface area contributed by atoms with E-state index in [0.717, 1.165) is 19.0 Å². The average molecular weight is 206 g/mol. The summed E-state index contributed by atoms with van der Waals surface area (Å²) in [7, 11) is 1.98. The Bertz CT molecular complexity index is 377. The molecule has 0 fully saturated rings. The van der Waals surface area contributed by atoms with Crippen LogP contribution in [0.4, 0.5) is 0 Å². The summed E-state index contributed by atoms with van der Waals surface area (Å²) in [6.07, 6.45) is 1.66. The van der Waals surface area contributed by atoms with Crippen LogP contribution in [0.1, 0.15) is 5.69 Å². The maximum absolute atomic E-state index is 9.49. The lowest BCUT2D eigenvalue weighted by Gasteiger charge is -2.15. The molecular weight excluding hydrogens is 192 g/mol. The van der Waals surface area contributed by atoms with E-state index in [4.69, 9.17) is 0 Å². The predicted molar refractivity (Wildman–Crippen MR) is 57.7 cm³/mol. The van der Waals surface area contributed by atoms with E-state index in [0.29, 0.717) is 12.2 Å². The fourth-order valence-corrected chi connectivity index (χ4v) is 1.45. The van der Waals surface area contributed by atoms with Crippen LogP contribution in [0.2, 0.25) is 0 Å². The quantitative estimate of drug-likeness (QED) is 0.724. The molecule has 1 aromatic rings. The van der Waals surface area contributed by atoms with Crippen LogP contribution >= 0.6 is 0 Å². The van der Waals surface area contributed by atoms with Gasteiger partial charge in [0.15, 0.2) is 5.96 Å². The monoisotopic (exact) mass is 206 g/mol. The predicted octanol–water partition coefficient (Wildman–Crippen LogP) is 0.178. The van der Waals surface area contributed by atoms with E-state index >= 15 is 0 Å². The molecule has 15 heavy (non-hydrogen) atoms. The van der Waals surface area contributed by atoms with Crippen molar-refractivity contribution in [2.75, 3.05) is 20.1 Å².